The highest BCUT2D eigenvalue weighted by Gasteiger charge is 2.34. The standard InChI is InChI=1S/C21H22F3NO5S/c1-29-11-10-25(20(26)16-8-9-16)14-15-4-2-6-18(12-15)30-31(27,28)19-7-3-5-17(13-19)21(22,23)24/h2-7,12-13,16H,8-11,14H2,1H3. The first-order chi connectivity index (χ1) is 14.6. The average Bonchev–Trinajstić information content (AvgIpc) is 3.55. The molecular weight excluding hydrogens is 435 g/mol. The van der Waals surface area contributed by atoms with Crippen molar-refractivity contribution < 1.29 is 35.3 Å². The van der Waals surface area contributed by atoms with Crippen molar-refractivity contribution in [3.8, 4) is 5.75 Å². The maximum Gasteiger partial charge on any atom is 0.416 e. The van der Waals surface area contributed by atoms with E-state index in [1.165, 1.54) is 19.2 Å². The van der Waals surface area contributed by atoms with E-state index in [4.69, 9.17) is 8.92 Å². The van der Waals surface area contributed by atoms with Gasteiger partial charge in [-0.2, -0.15) is 21.6 Å². The van der Waals surface area contributed by atoms with Gasteiger partial charge in [-0.3, -0.25) is 4.79 Å². The molecule has 0 N–H and O–H groups in total. The smallest absolute Gasteiger partial charge is 0.383 e. The number of methoxy groups -OCH3 is 1. The maximum atomic E-state index is 12.9. The van der Waals surface area contributed by atoms with Crippen LogP contribution in [0.2, 0.25) is 0 Å². The predicted octanol–water partition coefficient (Wildman–Crippen LogP) is 3.86. The Hall–Kier alpha value is -2.59. The Morgan fingerprint density at radius 1 is 1.13 bits per heavy atom. The van der Waals surface area contributed by atoms with Gasteiger partial charge >= 0.3 is 16.3 Å². The summed E-state index contributed by atoms with van der Waals surface area (Å²) in [5, 5.41) is 0. The highest BCUT2D eigenvalue weighted by atomic mass is 32.2. The van der Waals surface area contributed by atoms with Gasteiger partial charge < -0.3 is 13.8 Å². The Bertz CT molecular complexity index is 1040. The monoisotopic (exact) mass is 457 g/mol. The number of carbonyl (C=O) groups is 1. The van der Waals surface area contributed by atoms with Crippen LogP contribution < -0.4 is 4.18 Å². The van der Waals surface area contributed by atoms with Gasteiger partial charge in [0.25, 0.3) is 0 Å². The number of alkyl halides is 3. The number of carbonyl (C=O) groups excluding carboxylic acids is 1. The average molecular weight is 457 g/mol. The number of hydrogen-bond donors (Lipinski definition) is 0. The summed E-state index contributed by atoms with van der Waals surface area (Å²) in [4.78, 5) is 13.5. The van der Waals surface area contributed by atoms with E-state index in [0.29, 0.717) is 24.8 Å². The summed E-state index contributed by atoms with van der Waals surface area (Å²) in [6.07, 6.45) is -2.98. The molecule has 3 rings (SSSR count). The molecule has 168 valence electrons. The largest absolute Gasteiger partial charge is 0.416 e. The Labute approximate surface area is 178 Å². The van der Waals surface area contributed by atoms with Gasteiger partial charge in [-0.1, -0.05) is 18.2 Å². The van der Waals surface area contributed by atoms with Crippen LogP contribution in [0.5, 0.6) is 5.75 Å². The fraction of sp³-hybridized carbons (Fsp3) is 0.381. The van der Waals surface area contributed by atoms with Gasteiger partial charge in [0, 0.05) is 26.1 Å². The summed E-state index contributed by atoms with van der Waals surface area (Å²) >= 11 is 0. The van der Waals surface area contributed by atoms with Crippen LogP contribution in [0.3, 0.4) is 0 Å². The van der Waals surface area contributed by atoms with Crippen molar-refractivity contribution in [2.45, 2.75) is 30.5 Å². The first kappa shape index (κ1) is 23.1. The molecule has 1 saturated carbocycles. The fourth-order valence-electron chi connectivity index (χ4n) is 2.98. The summed E-state index contributed by atoms with van der Waals surface area (Å²) in [5.74, 6) is -0.0296. The number of rotatable bonds is 9. The molecule has 0 bridgehead atoms. The molecule has 0 radical (unpaired) electrons. The second-order valence-electron chi connectivity index (χ2n) is 7.24. The SMILES string of the molecule is COCCN(Cc1cccc(OS(=O)(=O)c2cccc(C(F)(F)F)c2)c1)C(=O)C1CC1. The number of amides is 1. The zero-order valence-corrected chi connectivity index (χ0v) is 17.6. The summed E-state index contributed by atoms with van der Waals surface area (Å²) < 4.78 is 73.8. The molecule has 0 atom stereocenters. The summed E-state index contributed by atoms with van der Waals surface area (Å²) in [5.41, 5.74) is -0.458. The second-order valence-corrected chi connectivity index (χ2v) is 8.78. The molecule has 0 aromatic heterocycles. The fourth-order valence-corrected chi connectivity index (χ4v) is 3.95. The van der Waals surface area contributed by atoms with Crippen molar-refractivity contribution in [3.05, 3.63) is 59.7 Å². The number of benzene rings is 2. The predicted molar refractivity (Wildman–Crippen MR) is 106 cm³/mol. The summed E-state index contributed by atoms with van der Waals surface area (Å²) in [7, 11) is -2.94. The Morgan fingerprint density at radius 2 is 1.84 bits per heavy atom. The molecule has 0 saturated heterocycles. The van der Waals surface area contributed by atoms with E-state index in [1.807, 2.05) is 0 Å². The number of hydrogen-bond acceptors (Lipinski definition) is 5. The number of ether oxygens (including phenoxy) is 1. The van der Waals surface area contributed by atoms with Gasteiger partial charge in [-0.05, 0) is 48.7 Å². The normalized spacial score (nSPS) is 14.3. The molecule has 0 spiro atoms. The van der Waals surface area contributed by atoms with Gasteiger partial charge in [0.05, 0.1) is 12.2 Å². The number of nitrogens with zero attached hydrogens (tertiary/aromatic N) is 1. The van der Waals surface area contributed by atoms with Crippen molar-refractivity contribution >= 4 is 16.0 Å². The summed E-state index contributed by atoms with van der Waals surface area (Å²) in [6.45, 7) is 0.984. The van der Waals surface area contributed by atoms with Gasteiger partial charge in [0.15, 0.2) is 0 Å². The third kappa shape index (κ3) is 6.20. The van der Waals surface area contributed by atoms with E-state index in [-0.39, 0.29) is 24.1 Å². The Morgan fingerprint density at radius 3 is 2.48 bits per heavy atom. The highest BCUT2D eigenvalue weighted by molar-refractivity contribution is 7.87. The third-order valence-electron chi connectivity index (χ3n) is 4.73. The van der Waals surface area contributed by atoms with Crippen LogP contribution in [0.1, 0.15) is 24.0 Å². The quantitative estimate of drug-likeness (QED) is 0.535. The van der Waals surface area contributed by atoms with E-state index in [0.717, 1.165) is 31.0 Å². The van der Waals surface area contributed by atoms with E-state index in [9.17, 15) is 26.4 Å². The molecule has 0 heterocycles. The second kappa shape index (κ2) is 9.27. The third-order valence-corrected chi connectivity index (χ3v) is 5.97. The van der Waals surface area contributed by atoms with Crippen LogP contribution in [0.4, 0.5) is 13.2 Å². The van der Waals surface area contributed by atoms with E-state index in [2.05, 4.69) is 0 Å². The van der Waals surface area contributed by atoms with Crippen LogP contribution in [-0.4, -0.2) is 39.5 Å². The van der Waals surface area contributed by atoms with Crippen molar-refractivity contribution in [2.24, 2.45) is 5.92 Å². The van der Waals surface area contributed by atoms with Crippen LogP contribution in [0.25, 0.3) is 0 Å². The Kier molecular flexibility index (Phi) is 6.90. The van der Waals surface area contributed by atoms with Gasteiger partial charge in [0.2, 0.25) is 5.91 Å². The minimum absolute atomic E-state index is 0.0116. The van der Waals surface area contributed by atoms with E-state index in [1.54, 1.807) is 17.0 Å². The molecule has 31 heavy (non-hydrogen) atoms. The lowest BCUT2D eigenvalue weighted by molar-refractivity contribution is -0.137. The van der Waals surface area contributed by atoms with Crippen LogP contribution >= 0.6 is 0 Å². The highest BCUT2D eigenvalue weighted by Crippen LogP contribution is 2.32. The van der Waals surface area contributed by atoms with Crippen LogP contribution in [-0.2, 0) is 32.4 Å². The lowest BCUT2D eigenvalue weighted by Gasteiger charge is -2.22. The molecule has 0 aliphatic heterocycles. The van der Waals surface area contributed by atoms with E-state index >= 15 is 0 Å². The van der Waals surface area contributed by atoms with Crippen LogP contribution in [0.15, 0.2) is 53.4 Å². The molecule has 1 fully saturated rings. The minimum atomic E-state index is -4.68. The molecule has 1 amide bonds. The number of halogens is 3. The van der Waals surface area contributed by atoms with Crippen molar-refractivity contribution in [1.29, 1.82) is 0 Å². The van der Waals surface area contributed by atoms with Crippen molar-refractivity contribution in [3.63, 3.8) is 0 Å². The lowest BCUT2D eigenvalue weighted by atomic mass is 10.2. The molecule has 6 nitrogen and oxygen atoms in total. The summed E-state index contributed by atoms with van der Waals surface area (Å²) in [6, 6.07) is 9.46. The van der Waals surface area contributed by atoms with Gasteiger partial charge in [0.1, 0.15) is 10.6 Å². The first-order valence-electron chi connectivity index (χ1n) is 9.58. The van der Waals surface area contributed by atoms with Gasteiger partial charge in [-0.15, -0.1) is 0 Å². The molecular formula is C21H22F3NO5S. The van der Waals surface area contributed by atoms with Crippen LogP contribution in [0, 0.1) is 5.92 Å². The van der Waals surface area contributed by atoms with Crippen molar-refractivity contribution in [2.75, 3.05) is 20.3 Å². The first-order valence-corrected chi connectivity index (χ1v) is 11.0. The lowest BCUT2D eigenvalue weighted by Crippen LogP contribution is -2.34. The molecule has 10 heteroatoms. The molecule has 1 aliphatic carbocycles. The molecule has 0 unspecified atom stereocenters. The van der Waals surface area contributed by atoms with E-state index < -0.39 is 26.8 Å². The molecule has 1 aliphatic rings. The molecule has 2 aromatic carbocycles. The van der Waals surface area contributed by atoms with Crippen molar-refractivity contribution in [1.82, 2.24) is 4.90 Å². The zero-order valence-electron chi connectivity index (χ0n) is 16.8. The molecule has 2 aromatic rings. The maximum absolute atomic E-state index is 12.9. The zero-order chi connectivity index (χ0) is 22.6. The minimum Gasteiger partial charge on any atom is -0.383 e. The topological polar surface area (TPSA) is 72.9 Å². The van der Waals surface area contributed by atoms with Gasteiger partial charge in [-0.25, -0.2) is 0 Å². The Balaban J connectivity index is 1.77.